The maximum Gasteiger partial charge on any atom is 0.253 e. The minimum atomic E-state index is -0.0319. The fourth-order valence-corrected chi connectivity index (χ4v) is 3.77. The van der Waals surface area contributed by atoms with E-state index in [2.05, 4.69) is 42.1 Å². The molecule has 4 heterocycles. The number of likely N-dealkylation sites (N-methyl/N-ethyl adjacent to an activating group) is 1. The number of hydrogen-bond donors (Lipinski definition) is 2. The van der Waals surface area contributed by atoms with Crippen LogP contribution < -0.4 is 15.1 Å². The summed E-state index contributed by atoms with van der Waals surface area (Å²) in [5, 5.41) is 4.05. The van der Waals surface area contributed by atoms with Crippen molar-refractivity contribution in [3.63, 3.8) is 0 Å². The van der Waals surface area contributed by atoms with Crippen molar-refractivity contribution in [3.8, 4) is 0 Å². The van der Waals surface area contributed by atoms with Crippen LogP contribution in [-0.4, -0.2) is 58.1 Å². The van der Waals surface area contributed by atoms with Crippen LogP contribution in [0.5, 0.6) is 0 Å². The van der Waals surface area contributed by atoms with E-state index in [0.717, 1.165) is 55.0 Å². The van der Waals surface area contributed by atoms with Crippen molar-refractivity contribution in [2.45, 2.75) is 31.3 Å². The summed E-state index contributed by atoms with van der Waals surface area (Å²) in [4.78, 5) is 33.1. The van der Waals surface area contributed by atoms with Crippen molar-refractivity contribution in [2.24, 2.45) is 0 Å². The van der Waals surface area contributed by atoms with E-state index < -0.39 is 0 Å². The topological polar surface area (TPSA) is 90.0 Å². The number of nitrogens with zero attached hydrogens (tertiary/aromatic N) is 5. The van der Waals surface area contributed by atoms with E-state index in [0.29, 0.717) is 17.6 Å². The van der Waals surface area contributed by atoms with Gasteiger partial charge < -0.3 is 20.1 Å². The Labute approximate surface area is 163 Å². The number of anilines is 2. The Bertz CT molecular complexity index is 995. The molecule has 0 radical (unpaired) electrons. The SMILES string of the molecule is CN(c1ccc(C(=O)NC2CC2)cn1)C1CCN(c2ncnc3[nH]ccc23)C1. The van der Waals surface area contributed by atoms with E-state index in [4.69, 9.17) is 0 Å². The highest BCUT2D eigenvalue weighted by Crippen LogP contribution is 2.28. The third-order valence-corrected chi connectivity index (χ3v) is 5.63. The summed E-state index contributed by atoms with van der Waals surface area (Å²) < 4.78 is 0. The molecule has 2 aliphatic rings. The first-order valence-electron chi connectivity index (χ1n) is 9.72. The third-order valence-electron chi connectivity index (χ3n) is 5.63. The molecule has 3 aromatic rings. The number of aromatic amines is 1. The largest absolute Gasteiger partial charge is 0.355 e. The summed E-state index contributed by atoms with van der Waals surface area (Å²) in [5.41, 5.74) is 1.48. The van der Waals surface area contributed by atoms with Crippen LogP contribution in [-0.2, 0) is 0 Å². The first kappa shape index (κ1) is 17.0. The summed E-state index contributed by atoms with van der Waals surface area (Å²) in [6, 6.07) is 6.50. The molecule has 1 unspecified atom stereocenters. The summed E-state index contributed by atoms with van der Waals surface area (Å²) in [5.74, 6) is 1.82. The maximum absolute atomic E-state index is 12.1. The Kier molecular flexibility index (Phi) is 4.11. The van der Waals surface area contributed by atoms with E-state index in [1.165, 1.54) is 0 Å². The molecule has 144 valence electrons. The zero-order valence-corrected chi connectivity index (χ0v) is 15.8. The van der Waals surface area contributed by atoms with Gasteiger partial charge >= 0.3 is 0 Å². The Morgan fingerprint density at radius 2 is 2.11 bits per heavy atom. The third kappa shape index (κ3) is 3.15. The summed E-state index contributed by atoms with van der Waals surface area (Å²) in [6.45, 7) is 1.81. The van der Waals surface area contributed by atoms with Crippen molar-refractivity contribution < 1.29 is 4.79 Å². The maximum atomic E-state index is 12.1. The van der Waals surface area contributed by atoms with Crippen LogP contribution in [0, 0.1) is 0 Å². The quantitative estimate of drug-likeness (QED) is 0.706. The minimum Gasteiger partial charge on any atom is -0.355 e. The predicted octanol–water partition coefficient (Wildman–Crippen LogP) is 1.96. The number of aromatic nitrogens is 4. The van der Waals surface area contributed by atoms with E-state index in [9.17, 15) is 4.79 Å². The molecular formula is C20H23N7O. The smallest absolute Gasteiger partial charge is 0.253 e. The second kappa shape index (κ2) is 6.78. The molecule has 5 rings (SSSR count). The summed E-state index contributed by atoms with van der Waals surface area (Å²) in [7, 11) is 2.06. The van der Waals surface area contributed by atoms with Gasteiger partial charge in [-0.1, -0.05) is 0 Å². The number of H-pyrrole nitrogens is 1. The molecule has 2 fully saturated rings. The molecule has 1 aliphatic heterocycles. The zero-order valence-electron chi connectivity index (χ0n) is 15.8. The van der Waals surface area contributed by atoms with Crippen molar-refractivity contribution in [1.82, 2.24) is 25.3 Å². The Balaban J connectivity index is 1.27. The number of amides is 1. The first-order chi connectivity index (χ1) is 13.7. The molecule has 3 aromatic heterocycles. The lowest BCUT2D eigenvalue weighted by atomic mass is 10.2. The molecule has 0 bridgehead atoms. The molecule has 8 nitrogen and oxygen atoms in total. The molecule has 8 heteroatoms. The van der Waals surface area contributed by atoms with Crippen molar-refractivity contribution in [2.75, 3.05) is 29.9 Å². The van der Waals surface area contributed by atoms with Gasteiger partial charge in [-0.3, -0.25) is 4.79 Å². The van der Waals surface area contributed by atoms with Crippen LogP contribution >= 0.6 is 0 Å². The fourth-order valence-electron chi connectivity index (χ4n) is 3.77. The van der Waals surface area contributed by atoms with Gasteiger partial charge in [0.15, 0.2) is 0 Å². The van der Waals surface area contributed by atoms with E-state index in [-0.39, 0.29) is 5.91 Å². The van der Waals surface area contributed by atoms with E-state index in [1.54, 1.807) is 12.5 Å². The normalized spacial score (nSPS) is 19.2. The highest BCUT2D eigenvalue weighted by Gasteiger charge is 2.29. The van der Waals surface area contributed by atoms with Gasteiger partial charge in [0.05, 0.1) is 10.9 Å². The Morgan fingerprint density at radius 3 is 2.89 bits per heavy atom. The standard InChI is InChI=1S/C20H23N7O/c1-26(17-5-2-13(10-22-17)20(28)25-14-3-4-14)15-7-9-27(11-15)19-16-6-8-21-18(16)23-12-24-19/h2,5-6,8,10,12,14-15H,3-4,7,9,11H2,1H3,(H,25,28)(H,21,23,24). The molecule has 0 aromatic carbocycles. The van der Waals surface area contributed by atoms with Gasteiger partial charge in [-0.25, -0.2) is 15.0 Å². The van der Waals surface area contributed by atoms with Gasteiger partial charge in [-0.2, -0.15) is 0 Å². The summed E-state index contributed by atoms with van der Waals surface area (Å²) >= 11 is 0. The number of pyridine rings is 1. The van der Waals surface area contributed by atoms with E-state index >= 15 is 0 Å². The average Bonchev–Trinajstić information content (AvgIpc) is 3.21. The Morgan fingerprint density at radius 1 is 1.21 bits per heavy atom. The van der Waals surface area contributed by atoms with Gasteiger partial charge in [-0.05, 0) is 37.5 Å². The van der Waals surface area contributed by atoms with Gasteiger partial charge in [0.1, 0.15) is 23.6 Å². The highest BCUT2D eigenvalue weighted by atomic mass is 16.1. The molecule has 28 heavy (non-hydrogen) atoms. The van der Waals surface area contributed by atoms with Crippen molar-refractivity contribution in [1.29, 1.82) is 0 Å². The van der Waals surface area contributed by atoms with Gasteiger partial charge in [0, 0.05) is 44.6 Å². The number of nitrogens with one attached hydrogen (secondary N) is 2. The van der Waals surface area contributed by atoms with Crippen LogP contribution in [0.2, 0.25) is 0 Å². The molecule has 1 aliphatic carbocycles. The van der Waals surface area contributed by atoms with Crippen LogP contribution in [0.25, 0.3) is 11.0 Å². The molecule has 2 N–H and O–H groups in total. The van der Waals surface area contributed by atoms with Crippen LogP contribution in [0.3, 0.4) is 0 Å². The number of carbonyl (C=O) groups is 1. The molecule has 0 spiro atoms. The second-order valence-electron chi connectivity index (χ2n) is 7.59. The van der Waals surface area contributed by atoms with Crippen LogP contribution in [0.1, 0.15) is 29.6 Å². The lowest BCUT2D eigenvalue weighted by molar-refractivity contribution is 0.0950. The van der Waals surface area contributed by atoms with Gasteiger partial charge in [-0.15, -0.1) is 0 Å². The second-order valence-corrected chi connectivity index (χ2v) is 7.59. The van der Waals surface area contributed by atoms with Crippen molar-refractivity contribution in [3.05, 3.63) is 42.5 Å². The molecular weight excluding hydrogens is 354 g/mol. The van der Waals surface area contributed by atoms with E-state index in [1.807, 2.05) is 24.4 Å². The first-order valence-corrected chi connectivity index (χ1v) is 9.72. The molecule has 1 saturated carbocycles. The monoisotopic (exact) mass is 377 g/mol. The van der Waals surface area contributed by atoms with Crippen LogP contribution in [0.15, 0.2) is 36.9 Å². The lowest BCUT2D eigenvalue weighted by Gasteiger charge is -2.26. The zero-order chi connectivity index (χ0) is 19.1. The van der Waals surface area contributed by atoms with Gasteiger partial charge in [0.2, 0.25) is 0 Å². The molecule has 1 amide bonds. The lowest BCUT2D eigenvalue weighted by Crippen LogP contribution is -2.35. The predicted molar refractivity (Wildman–Crippen MR) is 108 cm³/mol. The summed E-state index contributed by atoms with van der Waals surface area (Å²) in [6.07, 6.45) is 8.37. The molecule has 1 saturated heterocycles. The molecule has 1 atom stereocenters. The fraction of sp³-hybridized carbons (Fsp3) is 0.400. The minimum absolute atomic E-state index is 0.0319. The highest BCUT2D eigenvalue weighted by molar-refractivity contribution is 5.94. The number of rotatable bonds is 5. The number of hydrogen-bond acceptors (Lipinski definition) is 6. The van der Waals surface area contributed by atoms with Crippen LogP contribution in [0.4, 0.5) is 11.6 Å². The number of fused-ring (bicyclic) bond motifs is 1. The van der Waals surface area contributed by atoms with Crippen molar-refractivity contribution >= 4 is 28.6 Å². The Hall–Kier alpha value is -3.16. The average molecular weight is 377 g/mol. The number of carbonyl (C=O) groups excluding carboxylic acids is 1. The van der Waals surface area contributed by atoms with Gasteiger partial charge in [0.25, 0.3) is 5.91 Å².